The van der Waals surface area contributed by atoms with Crippen LogP contribution in [0, 0.1) is 5.41 Å². The first-order valence-electron chi connectivity index (χ1n) is 7.72. The van der Waals surface area contributed by atoms with E-state index in [0.717, 1.165) is 19.4 Å². The van der Waals surface area contributed by atoms with Gasteiger partial charge in [-0.1, -0.05) is 11.6 Å². The molecule has 0 N–H and O–H groups in total. The summed E-state index contributed by atoms with van der Waals surface area (Å²) in [6.45, 7) is 1.28. The summed E-state index contributed by atoms with van der Waals surface area (Å²) in [6, 6.07) is 0. The normalized spacial score (nSPS) is 26.1. The van der Waals surface area contributed by atoms with Crippen LogP contribution in [0.1, 0.15) is 19.3 Å². The van der Waals surface area contributed by atoms with Crippen molar-refractivity contribution in [3.8, 4) is 0 Å². The summed E-state index contributed by atoms with van der Waals surface area (Å²) >= 11 is 7.42. The van der Waals surface area contributed by atoms with Gasteiger partial charge in [0.2, 0.25) is 5.91 Å². The molecule has 7 nitrogen and oxygen atoms in total. The number of nitrogens with zero attached hydrogens (tertiary/aromatic N) is 4. The standard InChI is InChI=1S/C14H17ClN4O3S2/c1-17-5-2-3-14(12(17)20)4-6-18(9-14)24(21,22)11-10(15)16-13-19(11)7-8-23-13/h7-8H,2-6,9H2,1H3. The first-order valence-corrected chi connectivity index (χ1v) is 10.4. The van der Waals surface area contributed by atoms with E-state index in [1.165, 1.54) is 20.0 Å². The van der Waals surface area contributed by atoms with Crippen molar-refractivity contribution >= 4 is 43.8 Å². The number of imidazole rings is 1. The summed E-state index contributed by atoms with van der Waals surface area (Å²) in [5.74, 6) is 0.0477. The number of hydrogen-bond acceptors (Lipinski definition) is 5. The minimum atomic E-state index is -3.80. The molecule has 0 radical (unpaired) electrons. The van der Waals surface area contributed by atoms with Gasteiger partial charge in [0.15, 0.2) is 15.1 Å². The zero-order chi connectivity index (χ0) is 17.1. The summed E-state index contributed by atoms with van der Waals surface area (Å²) in [4.78, 5) is 19.0. The van der Waals surface area contributed by atoms with Gasteiger partial charge in [-0.2, -0.15) is 4.31 Å². The maximum Gasteiger partial charge on any atom is 0.262 e. The SMILES string of the molecule is CN1CCCC2(CCN(S(=O)(=O)c3c(Cl)nc4sccn34)C2)C1=O. The molecule has 1 spiro atoms. The summed E-state index contributed by atoms with van der Waals surface area (Å²) in [7, 11) is -2.02. The number of carbonyl (C=O) groups excluding carboxylic acids is 1. The number of piperidine rings is 1. The van der Waals surface area contributed by atoms with Crippen molar-refractivity contribution in [2.75, 3.05) is 26.7 Å². The highest BCUT2D eigenvalue weighted by Crippen LogP contribution is 2.42. The molecular formula is C14H17ClN4O3S2. The Bertz CT molecular complexity index is 922. The van der Waals surface area contributed by atoms with E-state index in [0.29, 0.717) is 17.9 Å². The molecule has 2 aliphatic rings. The Morgan fingerprint density at radius 2 is 2.12 bits per heavy atom. The Morgan fingerprint density at radius 3 is 2.92 bits per heavy atom. The van der Waals surface area contributed by atoms with Crippen molar-refractivity contribution in [1.82, 2.24) is 18.6 Å². The van der Waals surface area contributed by atoms with Gasteiger partial charge in [0.05, 0.1) is 5.41 Å². The van der Waals surface area contributed by atoms with Crippen molar-refractivity contribution < 1.29 is 13.2 Å². The van der Waals surface area contributed by atoms with Gasteiger partial charge in [0.25, 0.3) is 10.0 Å². The fraction of sp³-hybridized carbons (Fsp3) is 0.571. The second-order valence-electron chi connectivity index (χ2n) is 6.46. The number of amides is 1. The lowest BCUT2D eigenvalue weighted by Gasteiger charge is -2.37. The highest BCUT2D eigenvalue weighted by atomic mass is 35.5. The average Bonchev–Trinajstić information content (AvgIpc) is 3.19. The number of likely N-dealkylation sites (tertiary alicyclic amines) is 1. The topological polar surface area (TPSA) is 75.0 Å². The number of hydrogen-bond donors (Lipinski definition) is 0. The Kier molecular flexibility index (Phi) is 3.68. The number of carbonyl (C=O) groups is 1. The average molecular weight is 389 g/mol. The van der Waals surface area contributed by atoms with Crippen molar-refractivity contribution in [3.63, 3.8) is 0 Å². The van der Waals surface area contributed by atoms with E-state index in [1.54, 1.807) is 23.5 Å². The third-order valence-electron chi connectivity index (χ3n) is 5.03. The van der Waals surface area contributed by atoms with Crippen LogP contribution in [-0.4, -0.2) is 59.6 Å². The van der Waals surface area contributed by atoms with Crippen LogP contribution in [0.15, 0.2) is 16.6 Å². The summed E-state index contributed by atoms with van der Waals surface area (Å²) in [5.41, 5.74) is -0.592. The highest BCUT2D eigenvalue weighted by Gasteiger charge is 2.51. The molecule has 1 atom stereocenters. The zero-order valence-electron chi connectivity index (χ0n) is 13.1. The number of halogens is 1. The van der Waals surface area contributed by atoms with E-state index >= 15 is 0 Å². The smallest absolute Gasteiger partial charge is 0.262 e. The van der Waals surface area contributed by atoms with Crippen molar-refractivity contribution in [1.29, 1.82) is 0 Å². The molecule has 2 aromatic heterocycles. The van der Waals surface area contributed by atoms with E-state index in [9.17, 15) is 13.2 Å². The molecule has 0 bridgehead atoms. The monoisotopic (exact) mass is 388 g/mol. The van der Waals surface area contributed by atoms with E-state index in [-0.39, 0.29) is 22.6 Å². The van der Waals surface area contributed by atoms with Crippen LogP contribution in [0.2, 0.25) is 5.15 Å². The minimum absolute atomic E-state index is 0.00548. The van der Waals surface area contributed by atoms with Crippen LogP contribution >= 0.6 is 22.9 Å². The van der Waals surface area contributed by atoms with Crippen molar-refractivity contribution in [2.45, 2.75) is 24.3 Å². The lowest BCUT2D eigenvalue weighted by Crippen LogP contribution is -2.48. The lowest BCUT2D eigenvalue weighted by atomic mass is 9.78. The number of rotatable bonds is 2. The van der Waals surface area contributed by atoms with Crippen LogP contribution in [-0.2, 0) is 14.8 Å². The first-order chi connectivity index (χ1) is 11.3. The van der Waals surface area contributed by atoms with Gasteiger partial charge in [-0.05, 0) is 19.3 Å². The molecule has 1 amide bonds. The van der Waals surface area contributed by atoms with Crippen LogP contribution in [0.4, 0.5) is 0 Å². The van der Waals surface area contributed by atoms with Gasteiger partial charge in [0.1, 0.15) is 0 Å². The van der Waals surface area contributed by atoms with E-state index in [4.69, 9.17) is 11.6 Å². The Morgan fingerprint density at radius 1 is 1.33 bits per heavy atom. The van der Waals surface area contributed by atoms with E-state index in [1.807, 2.05) is 0 Å². The number of thiazole rings is 1. The van der Waals surface area contributed by atoms with E-state index in [2.05, 4.69) is 4.98 Å². The van der Waals surface area contributed by atoms with Crippen LogP contribution in [0.25, 0.3) is 4.96 Å². The molecule has 10 heteroatoms. The molecular weight excluding hydrogens is 372 g/mol. The van der Waals surface area contributed by atoms with Gasteiger partial charge in [0, 0.05) is 38.3 Å². The molecule has 4 heterocycles. The summed E-state index contributed by atoms with van der Waals surface area (Å²) < 4.78 is 29.1. The molecule has 0 aliphatic carbocycles. The second-order valence-corrected chi connectivity index (χ2v) is 9.55. The van der Waals surface area contributed by atoms with Gasteiger partial charge < -0.3 is 4.90 Å². The van der Waals surface area contributed by atoms with Crippen LogP contribution in [0.5, 0.6) is 0 Å². The van der Waals surface area contributed by atoms with Gasteiger partial charge in [-0.25, -0.2) is 13.4 Å². The predicted octanol–water partition coefficient (Wildman–Crippen LogP) is 1.68. The number of fused-ring (bicyclic) bond motifs is 1. The maximum atomic E-state index is 13.1. The fourth-order valence-electron chi connectivity index (χ4n) is 3.78. The molecule has 4 rings (SSSR count). The molecule has 2 aliphatic heterocycles. The van der Waals surface area contributed by atoms with E-state index < -0.39 is 15.4 Å². The summed E-state index contributed by atoms with van der Waals surface area (Å²) in [6.07, 6.45) is 3.84. The molecule has 24 heavy (non-hydrogen) atoms. The predicted molar refractivity (Wildman–Crippen MR) is 90.8 cm³/mol. The van der Waals surface area contributed by atoms with Gasteiger partial charge in [-0.15, -0.1) is 11.3 Å². The molecule has 2 fully saturated rings. The minimum Gasteiger partial charge on any atom is -0.345 e. The molecule has 130 valence electrons. The molecule has 2 aromatic rings. The largest absolute Gasteiger partial charge is 0.345 e. The molecule has 2 saturated heterocycles. The van der Waals surface area contributed by atoms with Gasteiger partial charge in [-0.3, -0.25) is 9.20 Å². The summed E-state index contributed by atoms with van der Waals surface area (Å²) in [5, 5.41) is 1.74. The lowest BCUT2D eigenvalue weighted by molar-refractivity contribution is -0.143. The van der Waals surface area contributed by atoms with Crippen LogP contribution < -0.4 is 0 Å². The number of sulfonamides is 1. The Balaban J connectivity index is 1.71. The first kappa shape index (κ1) is 16.3. The molecule has 0 saturated carbocycles. The maximum absolute atomic E-state index is 13.1. The quantitative estimate of drug-likeness (QED) is 0.784. The van der Waals surface area contributed by atoms with Crippen LogP contribution in [0.3, 0.4) is 0 Å². The zero-order valence-corrected chi connectivity index (χ0v) is 15.5. The third kappa shape index (κ3) is 2.22. The Labute approximate surface area is 148 Å². The molecule has 1 unspecified atom stereocenters. The fourth-order valence-corrected chi connectivity index (χ4v) is 6.71. The highest BCUT2D eigenvalue weighted by molar-refractivity contribution is 7.89. The van der Waals surface area contributed by atoms with Crippen molar-refractivity contribution in [3.05, 3.63) is 16.7 Å². The molecule has 0 aromatic carbocycles. The Hall–Kier alpha value is -1.16. The second kappa shape index (κ2) is 5.42. The van der Waals surface area contributed by atoms with Crippen molar-refractivity contribution in [2.24, 2.45) is 5.41 Å². The number of aromatic nitrogens is 2. The van der Waals surface area contributed by atoms with Gasteiger partial charge >= 0.3 is 0 Å². The third-order valence-corrected chi connectivity index (χ3v) is 8.03.